The molecule has 0 amide bonds. The molecule has 1 saturated carbocycles. The van der Waals surface area contributed by atoms with Gasteiger partial charge >= 0.3 is 0 Å². The molecule has 1 aromatic heterocycles. The minimum atomic E-state index is -3.58. The van der Waals surface area contributed by atoms with Gasteiger partial charge in [0.05, 0.1) is 6.33 Å². The number of alkyl halides is 1. The zero-order chi connectivity index (χ0) is 13.2. The predicted molar refractivity (Wildman–Crippen MR) is 70.1 cm³/mol. The van der Waals surface area contributed by atoms with Crippen LogP contribution in [0.5, 0.6) is 0 Å². The second kappa shape index (κ2) is 5.19. The molecule has 7 heteroatoms. The number of aryl methyl sites for hydroxylation is 1. The number of aromatic nitrogens is 2. The largest absolute Gasteiger partial charge is 0.339 e. The van der Waals surface area contributed by atoms with Crippen LogP contribution in [0, 0.1) is 0 Å². The highest BCUT2D eigenvalue weighted by Gasteiger charge is 2.36. The zero-order valence-electron chi connectivity index (χ0n) is 10.4. The van der Waals surface area contributed by atoms with Crippen molar-refractivity contribution in [2.24, 2.45) is 7.05 Å². The molecule has 1 N–H and O–H groups in total. The number of imidazole rings is 1. The van der Waals surface area contributed by atoms with Gasteiger partial charge in [0, 0.05) is 24.7 Å². The molecule has 0 radical (unpaired) electrons. The van der Waals surface area contributed by atoms with E-state index in [2.05, 4.69) is 9.71 Å². The quantitative estimate of drug-likeness (QED) is 0.858. The van der Waals surface area contributed by atoms with E-state index in [4.69, 9.17) is 11.6 Å². The smallest absolute Gasteiger partial charge is 0.260 e. The van der Waals surface area contributed by atoms with Gasteiger partial charge in [0.25, 0.3) is 10.0 Å². The van der Waals surface area contributed by atoms with E-state index in [1.807, 2.05) is 0 Å². The maximum atomic E-state index is 12.2. The molecule has 1 heterocycles. The van der Waals surface area contributed by atoms with Crippen molar-refractivity contribution in [3.8, 4) is 0 Å². The van der Waals surface area contributed by atoms with Gasteiger partial charge in [-0.2, -0.15) is 0 Å². The van der Waals surface area contributed by atoms with Crippen molar-refractivity contribution in [1.29, 1.82) is 0 Å². The topological polar surface area (TPSA) is 64.0 Å². The van der Waals surface area contributed by atoms with Crippen molar-refractivity contribution in [3.05, 3.63) is 12.5 Å². The SMILES string of the molecule is Cn1cnc(S(=O)(=O)NC2(CCl)CCCCC2)c1. The lowest BCUT2D eigenvalue weighted by atomic mass is 9.84. The summed E-state index contributed by atoms with van der Waals surface area (Å²) >= 11 is 5.98. The third-order valence-electron chi connectivity index (χ3n) is 3.37. The van der Waals surface area contributed by atoms with Crippen molar-refractivity contribution in [2.75, 3.05) is 5.88 Å². The molecule has 5 nitrogen and oxygen atoms in total. The molecule has 0 spiro atoms. The Balaban J connectivity index is 2.21. The van der Waals surface area contributed by atoms with E-state index in [9.17, 15) is 8.42 Å². The van der Waals surface area contributed by atoms with Gasteiger partial charge in [0.1, 0.15) is 0 Å². The molecule has 0 saturated heterocycles. The van der Waals surface area contributed by atoms with Crippen molar-refractivity contribution >= 4 is 21.6 Å². The van der Waals surface area contributed by atoms with Gasteiger partial charge in [-0.25, -0.2) is 18.1 Å². The van der Waals surface area contributed by atoms with E-state index < -0.39 is 15.6 Å². The molecule has 2 rings (SSSR count). The molecule has 0 unspecified atom stereocenters. The first-order valence-electron chi connectivity index (χ1n) is 6.05. The molecule has 1 fully saturated rings. The van der Waals surface area contributed by atoms with E-state index in [0.29, 0.717) is 5.88 Å². The lowest BCUT2D eigenvalue weighted by Crippen LogP contribution is -2.51. The Labute approximate surface area is 113 Å². The number of hydrogen-bond acceptors (Lipinski definition) is 3. The summed E-state index contributed by atoms with van der Waals surface area (Å²) in [5.74, 6) is 0.305. The maximum absolute atomic E-state index is 12.2. The fraction of sp³-hybridized carbons (Fsp3) is 0.727. The number of nitrogens with one attached hydrogen (secondary N) is 1. The van der Waals surface area contributed by atoms with Gasteiger partial charge < -0.3 is 4.57 Å². The molecular formula is C11H18ClN3O2S. The normalized spacial score (nSPS) is 19.9. The van der Waals surface area contributed by atoms with Crippen LogP contribution in [0.2, 0.25) is 0 Å². The second-order valence-electron chi connectivity index (χ2n) is 4.96. The van der Waals surface area contributed by atoms with Crippen LogP contribution in [0.4, 0.5) is 0 Å². The van der Waals surface area contributed by atoms with Crippen LogP contribution in [-0.4, -0.2) is 29.4 Å². The minimum Gasteiger partial charge on any atom is -0.339 e. The second-order valence-corrected chi connectivity index (χ2v) is 6.85. The van der Waals surface area contributed by atoms with Gasteiger partial charge in [0.15, 0.2) is 5.03 Å². The molecule has 18 heavy (non-hydrogen) atoms. The Morgan fingerprint density at radius 1 is 1.44 bits per heavy atom. The Bertz CT molecular complexity index is 506. The number of nitrogens with zero attached hydrogens (tertiary/aromatic N) is 2. The highest BCUT2D eigenvalue weighted by Crippen LogP contribution is 2.30. The lowest BCUT2D eigenvalue weighted by Gasteiger charge is -2.35. The fourth-order valence-corrected chi connectivity index (χ4v) is 4.21. The summed E-state index contributed by atoms with van der Waals surface area (Å²) in [6.07, 6.45) is 7.72. The Hall–Kier alpha value is -0.590. The van der Waals surface area contributed by atoms with E-state index in [0.717, 1.165) is 32.1 Å². The summed E-state index contributed by atoms with van der Waals surface area (Å²) in [6.45, 7) is 0. The Kier molecular flexibility index (Phi) is 3.99. The number of hydrogen-bond donors (Lipinski definition) is 1. The van der Waals surface area contributed by atoms with Gasteiger partial charge in [-0.15, -0.1) is 11.6 Å². The lowest BCUT2D eigenvalue weighted by molar-refractivity contribution is 0.297. The minimum absolute atomic E-state index is 0.0556. The van der Waals surface area contributed by atoms with Gasteiger partial charge in [-0.1, -0.05) is 19.3 Å². The monoisotopic (exact) mass is 291 g/mol. The van der Waals surface area contributed by atoms with Crippen molar-refractivity contribution in [1.82, 2.24) is 14.3 Å². The molecule has 1 aliphatic carbocycles. The van der Waals surface area contributed by atoms with Crippen LogP contribution in [-0.2, 0) is 17.1 Å². The molecule has 1 aromatic rings. The summed E-state index contributed by atoms with van der Waals surface area (Å²) in [5, 5.41) is 0.0556. The zero-order valence-corrected chi connectivity index (χ0v) is 12.0. The molecule has 0 atom stereocenters. The van der Waals surface area contributed by atoms with Crippen LogP contribution >= 0.6 is 11.6 Å². The Morgan fingerprint density at radius 2 is 2.11 bits per heavy atom. The molecule has 1 aliphatic rings. The maximum Gasteiger partial charge on any atom is 0.260 e. The average Bonchev–Trinajstić information content (AvgIpc) is 2.77. The van der Waals surface area contributed by atoms with E-state index in [1.165, 1.54) is 12.5 Å². The number of rotatable bonds is 4. The number of halogens is 1. The first-order chi connectivity index (χ1) is 8.47. The Morgan fingerprint density at radius 3 is 2.61 bits per heavy atom. The summed E-state index contributed by atoms with van der Waals surface area (Å²) in [7, 11) is -1.84. The van der Waals surface area contributed by atoms with E-state index in [1.54, 1.807) is 11.6 Å². The average molecular weight is 292 g/mol. The van der Waals surface area contributed by atoms with E-state index in [-0.39, 0.29) is 5.03 Å². The van der Waals surface area contributed by atoms with Crippen molar-refractivity contribution in [2.45, 2.75) is 42.7 Å². The summed E-state index contributed by atoms with van der Waals surface area (Å²) in [4.78, 5) is 3.89. The summed E-state index contributed by atoms with van der Waals surface area (Å²) in [6, 6.07) is 0. The predicted octanol–water partition coefficient (Wildman–Crippen LogP) is 1.64. The van der Waals surface area contributed by atoms with Gasteiger partial charge in [-0.3, -0.25) is 0 Å². The highest BCUT2D eigenvalue weighted by atomic mass is 35.5. The van der Waals surface area contributed by atoms with Crippen LogP contribution in [0.25, 0.3) is 0 Å². The summed E-state index contributed by atoms with van der Waals surface area (Å²) in [5.41, 5.74) is -0.504. The van der Waals surface area contributed by atoms with Gasteiger partial charge in [0.2, 0.25) is 0 Å². The molecule has 102 valence electrons. The summed E-state index contributed by atoms with van der Waals surface area (Å²) < 4.78 is 28.8. The van der Waals surface area contributed by atoms with Crippen molar-refractivity contribution in [3.63, 3.8) is 0 Å². The fourth-order valence-electron chi connectivity index (χ4n) is 2.36. The molecular weight excluding hydrogens is 274 g/mol. The third-order valence-corrected chi connectivity index (χ3v) is 5.35. The highest BCUT2D eigenvalue weighted by molar-refractivity contribution is 7.89. The standard InChI is InChI=1S/C11H18ClN3O2S/c1-15-7-10(13-9-15)18(16,17)14-11(8-12)5-3-2-4-6-11/h7,9,14H,2-6,8H2,1H3. The number of sulfonamides is 1. The molecule has 0 aromatic carbocycles. The van der Waals surface area contributed by atoms with Crippen LogP contribution in [0.15, 0.2) is 17.6 Å². The first-order valence-corrected chi connectivity index (χ1v) is 8.07. The third kappa shape index (κ3) is 2.87. The van der Waals surface area contributed by atoms with Crippen molar-refractivity contribution < 1.29 is 8.42 Å². The molecule has 0 aliphatic heterocycles. The van der Waals surface area contributed by atoms with Crippen LogP contribution in [0.1, 0.15) is 32.1 Å². The van der Waals surface area contributed by atoms with Crippen LogP contribution < -0.4 is 4.72 Å². The van der Waals surface area contributed by atoms with Gasteiger partial charge in [-0.05, 0) is 12.8 Å². The first kappa shape index (κ1) is 13.8. The molecule has 0 bridgehead atoms. The van der Waals surface area contributed by atoms with E-state index >= 15 is 0 Å². The van der Waals surface area contributed by atoms with Crippen LogP contribution in [0.3, 0.4) is 0 Å².